The molecular formula is C11H14N4. The number of H-pyrrole nitrogens is 1. The molecule has 0 aromatic carbocycles. The Morgan fingerprint density at radius 2 is 2.13 bits per heavy atom. The third-order valence-corrected chi connectivity index (χ3v) is 2.11. The predicted octanol–water partition coefficient (Wildman–Crippen LogP) is 1.67. The van der Waals surface area contributed by atoms with Gasteiger partial charge in [0.05, 0.1) is 16.9 Å². The second kappa shape index (κ2) is 3.47. The van der Waals surface area contributed by atoms with E-state index < -0.39 is 5.54 Å². The van der Waals surface area contributed by atoms with Crippen molar-refractivity contribution in [3.8, 4) is 11.4 Å². The summed E-state index contributed by atoms with van der Waals surface area (Å²) >= 11 is 0. The van der Waals surface area contributed by atoms with E-state index in [1.807, 2.05) is 38.2 Å². The summed E-state index contributed by atoms with van der Waals surface area (Å²) in [6.07, 6.45) is 3.60. The van der Waals surface area contributed by atoms with Gasteiger partial charge in [-0.2, -0.15) is 0 Å². The largest absolute Gasteiger partial charge is 0.360 e. The molecule has 2 heterocycles. The minimum atomic E-state index is -0.511. The lowest BCUT2D eigenvalue weighted by Crippen LogP contribution is -2.31. The van der Waals surface area contributed by atoms with Gasteiger partial charge in [0.2, 0.25) is 0 Å². The second-order valence-corrected chi connectivity index (χ2v) is 4.07. The van der Waals surface area contributed by atoms with E-state index in [0.29, 0.717) is 5.82 Å². The highest BCUT2D eigenvalue weighted by molar-refractivity contribution is 5.53. The quantitative estimate of drug-likeness (QED) is 0.778. The number of hydrogen-bond donors (Lipinski definition) is 2. The van der Waals surface area contributed by atoms with Crippen molar-refractivity contribution in [2.75, 3.05) is 0 Å². The molecule has 0 amide bonds. The predicted molar refractivity (Wildman–Crippen MR) is 59.0 cm³/mol. The Hall–Kier alpha value is -1.68. The number of aromatic amines is 1. The number of nitrogens with two attached hydrogens (primary N) is 1. The fraction of sp³-hybridized carbons (Fsp3) is 0.273. The number of rotatable bonds is 2. The van der Waals surface area contributed by atoms with Crippen molar-refractivity contribution in [2.45, 2.75) is 19.4 Å². The van der Waals surface area contributed by atoms with Crippen molar-refractivity contribution in [1.29, 1.82) is 0 Å². The van der Waals surface area contributed by atoms with Crippen LogP contribution in [0.3, 0.4) is 0 Å². The number of hydrogen-bond acceptors (Lipinski definition) is 3. The number of nitrogens with one attached hydrogen (secondary N) is 1. The summed E-state index contributed by atoms with van der Waals surface area (Å²) in [6, 6.07) is 5.77. The minimum Gasteiger partial charge on any atom is -0.360 e. The van der Waals surface area contributed by atoms with Crippen molar-refractivity contribution < 1.29 is 0 Å². The van der Waals surface area contributed by atoms with Crippen LogP contribution in [0.15, 0.2) is 30.6 Å². The van der Waals surface area contributed by atoms with Crippen LogP contribution >= 0.6 is 0 Å². The Morgan fingerprint density at radius 1 is 1.33 bits per heavy atom. The molecule has 0 radical (unpaired) electrons. The number of nitrogens with zero attached hydrogens (tertiary/aromatic N) is 2. The van der Waals surface area contributed by atoms with Crippen LogP contribution in [0.4, 0.5) is 0 Å². The summed E-state index contributed by atoms with van der Waals surface area (Å²) in [4.78, 5) is 11.7. The Kier molecular flexibility index (Phi) is 2.28. The smallest absolute Gasteiger partial charge is 0.148 e. The van der Waals surface area contributed by atoms with Gasteiger partial charge in [-0.3, -0.25) is 0 Å². The summed E-state index contributed by atoms with van der Waals surface area (Å²) in [7, 11) is 0. The van der Waals surface area contributed by atoms with Crippen molar-refractivity contribution in [1.82, 2.24) is 15.0 Å². The summed E-state index contributed by atoms with van der Waals surface area (Å²) in [6.45, 7) is 3.78. The average molecular weight is 202 g/mol. The Balaban J connectivity index is 2.44. The first-order chi connectivity index (χ1) is 7.07. The van der Waals surface area contributed by atoms with Crippen molar-refractivity contribution in [3.63, 3.8) is 0 Å². The third-order valence-electron chi connectivity index (χ3n) is 2.11. The van der Waals surface area contributed by atoms with Crippen LogP contribution in [-0.4, -0.2) is 15.0 Å². The van der Waals surface area contributed by atoms with Gasteiger partial charge in [-0.25, -0.2) is 9.97 Å². The molecule has 0 unspecified atom stereocenters. The first kappa shape index (κ1) is 9.86. The van der Waals surface area contributed by atoms with Gasteiger partial charge in [0.25, 0.3) is 0 Å². The second-order valence-electron chi connectivity index (χ2n) is 4.07. The number of aromatic nitrogens is 3. The summed E-state index contributed by atoms with van der Waals surface area (Å²) in [5.41, 5.74) is 7.27. The molecule has 2 aromatic heterocycles. The first-order valence-corrected chi connectivity index (χ1v) is 4.83. The molecule has 0 aliphatic rings. The normalized spacial score (nSPS) is 11.7. The molecule has 4 nitrogen and oxygen atoms in total. The van der Waals surface area contributed by atoms with Gasteiger partial charge in [0.15, 0.2) is 0 Å². The van der Waals surface area contributed by atoms with E-state index >= 15 is 0 Å². The van der Waals surface area contributed by atoms with Gasteiger partial charge in [0, 0.05) is 12.4 Å². The highest BCUT2D eigenvalue weighted by Crippen LogP contribution is 2.17. The zero-order valence-electron chi connectivity index (χ0n) is 8.86. The molecule has 0 spiro atoms. The first-order valence-electron chi connectivity index (χ1n) is 4.83. The molecule has 2 aromatic rings. The van der Waals surface area contributed by atoms with E-state index in [2.05, 4.69) is 15.0 Å². The Bertz CT molecular complexity index is 440. The zero-order valence-corrected chi connectivity index (χ0v) is 8.86. The lowest BCUT2D eigenvalue weighted by atomic mass is 10.1. The van der Waals surface area contributed by atoms with Gasteiger partial charge < -0.3 is 10.7 Å². The fourth-order valence-electron chi connectivity index (χ4n) is 1.31. The van der Waals surface area contributed by atoms with Crippen LogP contribution in [0.25, 0.3) is 11.4 Å². The van der Waals surface area contributed by atoms with Gasteiger partial charge in [-0.1, -0.05) is 0 Å². The van der Waals surface area contributed by atoms with Gasteiger partial charge >= 0.3 is 0 Å². The summed E-state index contributed by atoms with van der Waals surface area (Å²) < 4.78 is 0. The van der Waals surface area contributed by atoms with Gasteiger partial charge in [0.1, 0.15) is 5.82 Å². The van der Waals surface area contributed by atoms with Crippen molar-refractivity contribution in [3.05, 3.63) is 36.4 Å². The van der Waals surface area contributed by atoms with E-state index in [4.69, 9.17) is 5.73 Å². The van der Waals surface area contributed by atoms with Crippen molar-refractivity contribution >= 4 is 0 Å². The maximum Gasteiger partial charge on any atom is 0.148 e. The lowest BCUT2D eigenvalue weighted by molar-refractivity contribution is 0.514. The molecule has 4 heteroatoms. The van der Waals surface area contributed by atoms with Crippen LogP contribution in [0, 0.1) is 0 Å². The van der Waals surface area contributed by atoms with Crippen LogP contribution in [-0.2, 0) is 5.54 Å². The van der Waals surface area contributed by atoms with Crippen LogP contribution in [0.5, 0.6) is 0 Å². The average Bonchev–Trinajstić information content (AvgIpc) is 2.69. The molecule has 3 N–H and O–H groups in total. The van der Waals surface area contributed by atoms with Crippen molar-refractivity contribution in [2.24, 2.45) is 5.73 Å². The van der Waals surface area contributed by atoms with Crippen LogP contribution < -0.4 is 5.73 Å². The van der Waals surface area contributed by atoms with Gasteiger partial charge in [-0.15, -0.1) is 0 Å². The summed E-state index contributed by atoms with van der Waals surface area (Å²) in [5.74, 6) is 0.648. The van der Waals surface area contributed by atoms with E-state index in [9.17, 15) is 0 Å². The zero-order chi connectivity index (χ0) is 10.9. The molecular weight excluding hydrogens is 188 g/mol. The molecule has 0 aliphatic carbocycles. The molecule has 78 valence electrons. The Morgan fingerprint density at radius 3 is 2.73 bits per heavy atom. The minimum absolute atomic E-state index is 0.511. The van der Waals surface area contributed by atoms with Crippen LogP contribution in [0.1, 0.15) is 19.7 Å². The third kappa shape index (κ3) is 2.05. The fourth-order valence-corrected chi connectivity index (χ4v) is 1.31. The topological polar surface area (TPSA) is 67.6 Å². The maximum atomic E-state index is 5.94. The molecule has 0 bridgehead atoms. The lowest BCUT2D eigenvalue weighted by Gasteiger charge is -2.16. The van der Waals surface area contributed by atoms with Crippen LogP contribution in [0.2, 0.25) is 0 Å². The van der Waals surface area contributed by atoms with E-state index in [1.165, 1.54) is 0 Å². The van der Waals surface area contributed by atoms with E-state index in [1.54, 1.807) is 6.20 Å². The molecule has 15 heavy (non-hydrogen) atoms. The summed E-state index contributed by atoms with van der Waals surface area (Å²) in [5, 5.41) is 0. The van der Waals surface area contributed by atoms with E-state index in [-0.39, 0.29) is 0 Å². The highest BCUT2D eigenvalue weighted by Gasteiger charge is 2.18. The monoisotopic (exact) mass is 202 g/mol. The molecule has 0 aliphatic heterocycles. The van der Waals surface area contributed by atoms with Gasteiger partial charge in [-0.05, 0) is 32.0 Å². The molecule has 2 rings (SSSR count). The highest BCUT2D eigenvalue weighted by atomic mass is 15.0. The van der Waals surface area contributed by atoms with E-state index in [0.717, 1.165) is 11.4 Å². The molecule has 0 fully saturated rings. The molecule has 0 atom stereocenters. The SMILES string of the molecule is CC(C)(N)c1nccc(-c2ccc[nH]2)n1. The molecule has 0 saturated carbocycles. The Labute approximate surface area is 88.6 Å². The maximum absolute atomic E-state index is 5.94. The molecule has 0 saturated heterocycles. The standard InChI is InChI=1S/C11H14N4/c1-11(2,12)10-14-7-5-9(15-10)8-4-3-6-13-8/h3-7,13H,12H2,1-2H3.